The fourth-order valence-electron chi connectivity index (χ4n) is 1.63. The van der Waals surface area contributed by atoms with Crippen LogP contribution in [0.3, 0.4) is 0 Å². The summed E-state index contributed by atoms with van der Waals surface area (Å²) < 4.78 is 1.58. The molecule has 0 aromatic carbocycles. The van der Waals surface area contributed by atoms with Crippen molar-refractivity contribution in [3.8, 4) is 11.5 Å². The molecule has 0 aliphatic rings. The first kappa shape index (κ1) is 18.2. The molecule has 0 atom stereocenters. The number of hydrogen-bond acceptors (Lipinski definition) is 0. The maximum atomic E-state index is 3.49. The third-order valence-electron chi connectivity index (χ3n) is 2.73. The van der Waals surface area contributed by atoms with Gasteiger partial charge in [-0.3, -0.25) is 0 Å². The molecule has 0 aliphatic carbocycles. The van der Waals surface area contributed by atoms with E-state index in [1.807, 2.05) is 0 Å². The number of rotatable bonds is 7. The van der Waals surface area contributed by atoms with Gasteiger partial charge in [-0.25, -0.2) is 0 Å². The SMILES string of the molecule is CCCCC(I)=C(CC#C[Si](C)(C)C)CCCC. The second kappa shape index (κ2) is 10.1. The van der Waals surface area contributed by atoms with E-state index in [1.165, 1.54) is 38.5 Å². The lowest BCUT2D eigenvalue weighted by Crippen LogP contribution is -2.16. The van der Waals surface area contributed by atoms with Crippen LogP contribution >= 0.6 is 22.6 Å². The highest BCUT2D eigenvalue weighted by atomic mass is 127. The molecule has 0 saturated heterocycles. The van der Waals surface area contributed by atoms with Gasteiger partial charge in [0, 0.05) is 6.42 Å². The first-order chi connectivity index (χ1) is 8.40. The molecule has 0 rings (SSSR count). The summed E-state index contributed by atoms with van der Waals surface area (Å²) in [5.74, 6) is 3.44. The van der Waals surface area contributed by atoms with Gasteiger partial charge < -0.3 is 0 Å². The van der Waals surface area contributed by atoms with E-state index in [1.54, 1.807) is 9.15 Å². The van der Waals surface area contributed by atoms with Crippen LogP contribution in [0, 0.1) is 11.5 Å². The molecule has 0 radical (unpaired) electrons. The van der Waals surface area contributed by atoms with E-state index in [4.69, 9.17) is 0 Å². The molecule has 2 heteroatoms. The molecule has 0 aromatic heterocycles. The Labute approximate surface area is 129 Å². The summed E-state index contributed by atoms with van der Waals surface area (Å²) in [5.41, 5.74) is 5.10. The van der Waals surface area contributed by atoms with Gasteiger partial charge >= 0.3 is 0 Å². The van der Waals surface area contributed by atoms with Crippen molar-refractivity contribution < 1.29 is 0 Å². The van der Waals surface area contributed by atoms with Crippen LogP contribution in [-0.2, 0) is 0 Å². The monoisotopic (exact) mass is 376 g/mol. The van der Waals surface area contributed by atoms with E-state index in [0.717, 1.165) is 6.42 Å². The quantitative estimate of drug-likeness (QED) is 0.277. The maximum absolute atomic E-state index is 3.49. The predicted molar refractivity (Wildman–Crippen MR) is 95.8 cm³/mol. The first-order valence-electron chi connectivity index (χ1n) is 7.27. The summed E-state index contributed by atoms with van der Waals surface area (Å²) in [6.07, 6.45) is 8.70. The van der Waals surface area contributed by atoms with Crippen LogP contribution in [0.25, 0.3) is 0 Å². The molecule has 0 N–H and O–H groups in total. The van der Waals surface area contributed by atoms with Gasteiger partial charge in [0.05, 0.1) is 0 Å². The van der Waals surface area contributed by atoms with Gasteiger partial charge in [0.15, 0.2) is 0 Å². The van der Waals surface area contributed by atoms with Crippen molar-refractivity contribution in [3.05, 3.63) is 9.15 Å². The molecule has 0 amide bonds. The zero-order valence-electron chi connectivity index (χ0n) is 12.8. The molecular formula is C16H29ISi. The van der Waals surface area contributed by atoms with Crippen molar-refractivity contribution in [2.24, 2.45) is 0 Å². The van der Waals surface area contributed by atoms with E-state index < -0.39 is 8.07 Å². The van der Waals surface area contributed by atoms with Crippen LogP contribution in [0.5, 0.6) is 0 Å². The number of hydrogen-bond donors (Lipinski definition) is 0. The predicted octanol–water partition coefficient (Wildman–Crippen LogP) is 6.33. The second-order valence-electron chi connectivity index (χ2n) is 5.94. The largest absolute Gasteiger partial charge is 0.132 e. The van der Waals surface area contributed by atoms with Crippen molar-refractivity contribution in [2.45, 2.75) is 78.4 Å². The topological polar surface area (TPSA) is 0 Å². The first-order valence-corrected chi connectivity index (χ1v) is 11.8. The van der Waals surface area contributed by atoms with Crippen LogP contribution in [0.1, 0.15) is 58.8 Å². The molecule has 0 spiro atoms. The highest BCUT2D eigenvalue weighted by Gasteiger charge is 2.08. The van der Waals surface area contributed by atoms with Gasteiger partial charge in [0.1, 0.15) is 8.07 Å². The van der Waals surface area contributed by atoms with Crippen molar-refractivity contribution in [2.75, 3.05) is 0 Å². The highest BCUT2D eigenvalue weighted by molar-refractivity contribution is 14.1. The van der Waals surface area contributed by atoms with Crippen LogP contribution in [-0.4, -0.2) is 8.07 Å². The Bertz CT molecular complexity index is 312. The number of allylic oxidation sites excluding steroid dienone is 2. The molecule has 0 fully saturated rings. The van der Waals surface area contributed by atoms with E-state index in [9.17, 15) is 0 Å². The Hall–Kier alpha value is 0.247. The minimum atomic E-state index is -1.20. The van der Waals surface area contributed by atoms with Crippen LogP contribution in [0.4, 0.5) is 0 Å². The lowest BCUT2D eigenvalue weighted by Gasteiger charge is -2.09. The lowest BCUT2D eigenvalue weighted by molar-refractivity contribution is 0.757. The van der Waals surface area contributed by atoms with Gasteiger partial charge in [-0.2, -0.15) is 0 Å². The number of halogens is 1. The Morgan fingerprint density at radius 3 is 2.06 bits per heavy atom. The smallest absolute Gasteiger partial charge is 0.129 e. The lowest BCUT2D eigenvalue weighted by atomic mass is 10.0. The van der Waals surface area contributed by atoms with Gasteiger partial charge in [0.25, 0.3) is 0 Å². The average molecular weight is 376 g/mol. The average Bonchev–Trinajstić information content (AvgIpc) is 2.29. The summed E-state index contributed by atoms with van der Waals surface area (Å²) in [5, 5.41) is 0. The van der Waals surface area contributed by atoms with Crippen molar-refractivity contribution >= 4 is 30.7 Å². The minimum Gasteiger partial charge on any atom is -0.132 e. The Kier molecular flexibility index (Phi) is 10.2. The summed E-state index contributed by atoms with van der Waals surface area (Å²) >= 11 is 2.55. The van der Waals surface area contributed by atoms with Crippen LogP contribution in [0.15, 0.2) is 9.15 Å². The molecule has 0 saturated carbocycles. The molecule has 0 bridgehead atoms. The summed E-state index contributed by atoms with van der Waals surface area (Å²) in [6, 6.07) is 0. The molecule has 18 heavy (non-hydrogen) atoms. The standard InChI is InChI=1S/C16H29ISi/c1-6-8-11-15(16(17)13-9-7-2)12-10-14-18(3,4)5/h6-9,11-13H2,1-5H3. The number of unbranched alkanes of at least 4 members (excludes halogenated alkanes) is 2. The molecule has 0 aromatic rings. The molecule has 0 nitrogen and oxygen atoms in total. The van der Waals surface area contributed by atoms with Crippen LogP contribution < -0.4 is 0 Å². The maximum Gasteiger partial charge on any atom is 0.129 e. The highest BCUT2D eigenvalue weighted by Crippen LogP contribution is 2.25. The summed E-state index contributed by atoms with van der Waals surface area (Å²) in [7, 11) is -1.20. The van der Waals surface area contributed by atoms with E-state index in [2.05, 4.69) is 67.5 Å². The Morgan fingerprint density at radius 1 is 1.00 bits per heavy atom. The fourth-order valence-corrected chi connectivity index (χ4v) is 3.10. The third kappa shape index (κ3) is 10.2. The Balaban J connectivity index is 4.60. The summed E-state index contributed by atoms with van der Waals surface area (Å²) in [4.78, 5) is 0. The molecular weight excluding hydrogens is 347 g/mol. The van der Waals surface area contributed by atoms with Crippen molar-refractivity contribution in [3.63, 3.8) is 0 Å². The Morgan fingerprint density at radius 2 is 1.56 bits per heavy atom. The normalized spacial score (nSPS) is 12.8. The second-order valence-corrected chi connectivity index (χ2v) is 12.0. The molecule has 0 aliphatic heterocycles. The van der Waals surface area contributed by atoms with Gasteiger partial charge in [0.2, 0.25) is 0 Å². The van der Waals surface area contributed by atoms with E-state index in [0.29, 0.717) is 0 Å². The zero-order valence-corrected chi connectivity index (χ0v) is 16.0. The van der Waals surface area contributed by atoms with E-state index >= 15 is 0 Å². The molecule has 0 heterocycles. The summed E-state index contributed by atoms with van der Waals surface area (Å²) in [6.45, 7) is 11.5. The van der Waals surface area contributed by atoms with Gasteiger partial charge in [-0.15, -0.1) is 11.5 Å². The molecule has 0 unspecified atom stereocenters. The van der Waals surface area contributed by atoms with Crippen molar-refractivity contribution in [1.29, 1.82) is 0 Å². The van der Waals surface area contributed by atoms with Gasteiger partial charge in [-0.05, 0) is 57.4 Å². The van der Waals surface area contributed by atoms with E-state index in [-0.39, 0.29) is 0 Å². The minimum absolute atomic E-state index is 1.01. The van der Waals surface area contributed by atoms with Crippen molar-refractivity contribution in [1.82, 2.24) is 0 Å². The fraction of sp³-hybridized carbons (Fsp3) is 0.750. The zero-order chi connectivity index (χ0) is 14.0. The van der Waals surface area contributed by atoms with Gasteiger partial charge in [-0.1, -0.05) is 46.3 Å². The third-order valence-corrected chi connectivity index (χ3v) is 4.96. The molecule has 104 valence electrons. The van der Waals surface area contributed by atoms with Crippen LogP contribution in [0.2, 0.25) is 19.6 Å².